The van der Waals surface area contributed by atoms with Crippen molar-refractivity contribution in [2.24, 2.45) is 11.6 Å². The third-order valence-corrected chi connectivity index (χ3v) is 3.21. The number of aromatic nitrogens is 1. The number of carbonyl (C=O) groups excluding carboxylic acids is 2. The number of halogens is 1. The molecule has 110 valence electrons. The van der Waals surface area contributed by atoms with Crippen molar-refractivity contribution >= 4 is 29.7 Å². The van der Waals surface area contributed by atoms with Gasteiger partial charge in [-0.25, -0.2) is 10.9 Å². The molecule has 0 fully saturated rings. The first-order valence-electron chi connectivity index (χ1n) is 5.90. The number of benzene rings is 1. The van der Waals surface area contributed by atoms with Crippen molar-refractivity contribution in [2.45, 2.75) is 6.61 Å². The molecule has 7 nitrogen and oxygen atoms in total. The minimum absolute atomic E-state index is 0.0107. The number of hydrogen-bond donors (Lipinski definition) is 4. The first-order valence-corrected chi connectivity index (χ1v) is 6.28. The average molecular weight is 309 g/mol. The Hall–Kier alpha value is -2.35. The number of primary amides is 1. The summed E-state index contributed by atoms with van der Waals surface area (Å²) in [5.74, 6) is 4.70. The van der Waals surface area contributed by atoms with Crippen LogP contribution in [0, 0.1) is 0 Å². The minimum Gasteiger partial charge on any atom is -0.392 e. The highest BCUT2D eigenvalue weighted by atomic mass is 35.5. The molecule has 1 aromatic heterocycles. The van der Waals surface area contributed by atoms with E-state index >= 15 is 0 Å². The number of nitrogens with zero attached hydrogens (tertiary/aromatic N) is 1. The predicted octanol–water partition coefficient (Wildman–Crippen LogP) is 0.763. The maximum atomic E-state index is 11.6. The van der Waals surface area contributed by atoms with E-state index in [-0.39, 0.29) is 16.9 Å². The number of rotatable bonds is 5. The van der Waals surface area contributed by atoms with Gasteiger partial charge >= 0.3 is 0 Å². The van der Waals surface area contributed by atoms with E-state index in [1.165, 1.54) is 0 Å². The molecule has 1 heterocycles. The number of amides is 2. The predicted molar refractivity (Wildman–Crippen MR) is 78.4 cm³/mol. The fourth-order valence-electron chi connectivity index (χ4n) is 2.08. The fourth-order valence-corrected chi connectivity index (χ4v) is 2.27. The van der Waals surface area contributed by atoms with E-state index in [0.29, 0.717) is 27.7 Å². The van der Waals surface area contributed by atoms with Crippen molar-refractivity contribution in [3.8, 4) is 11.3 Å². The SMILES string of the molecule is NC(=O)c1c(N(N)C=O)[nH]c(-c2cccc(Cl)c2)c1CO. The van der Waals surface area contributed by atoms with Crippen LogP contribution in [0.2, 0.25) is 5.02 Å². The summed E-state index contributed by atoms with van der Waals surface area (Å²) in [6.07, 6.45) is 0.321. The molecule has 0 spiro atoms. The molecule has 0 saturated carbocycles. The van der Waals surface area contributed by atoms with Crippen LogP contribution in [-0.4, -0.2) is 22.4 Å². The lowest BCUT2D eigenvalue weighted by Gasteiger charge is -2.09. The number of aromatic amines is 1. The molecule has 0 bridgehead atoms. The Balaban J connectivity index is 2.72. The number of H-pyrrole nitrogens is 1. The lowest BCUT2D eigenvalue weighted by Crippen LogP contribution is -2.31. The normalized spacial score (nSPS) is 10.4. The molecule has 1 aromatic carbocycles. The van der Waals surface area contributed by atoms with Crippen LogP contribution >= 0.6 is 11.6 Å². The lowest BCUT2D eigenvalue weighted by atomic mass is 10.0. The highest BCUT2D eigenvalue weighted by molar-refractivity contribution is 6.30. The Labute approximate surface area is 125 Å². The zero-order valence-corrected chi connectivity index (χ0v) is 11.6. The lowest BCUT2D eigenvalue weighted by molar-refractivity contribution is -0.107. The summed E-state index contributed by atoms with van der Waals surface area (Å²) >= 11 is 5.93. The zero-order valence-electron chi connectivity index (χ0n) is 10.8. The topological polar surface area (TPSA) is 125 Å². The highest BCUT2D eigenvalue weighted by Gasteiger charge is 2.24. The van der Waals surface area contributed by atoms with Gasteiger partial charge in [0.05, 0.1) is 17.9 Å². The number of anilines is 1. The second-order valence-corrected chi connectivity index (χ2v) is 4.68. The van der Waals surface area contributed by atoms with Gasteiger partial charge in [0.1, 0.15) is 5.82 Å². The smallest absolute Gasteiger partial charge is 0.252 e. The Morgan fingerprint density at radius 1 is 1.48 bits per heavy atom. The summed E-state index contributed by atoms with van der Waals surface area (Å²) < 4.78 is 0. The maximum Gasteiger partial charge on any atom is 0.252 e. The van der Waals surface area contributed by atoms with Crippen molar-refractivity contribution < 1.29 is 14.7 Å². The molecule has 21 heavy (non-hydrogen) atoms. The van der Waals surface area contributed by atoms with Crippen LogP contribution in [0.5, 0.6) is 0 Å². The van der Waals surface area contributed by atoms with Crippen LogP contribution in [0.15, 0.2) is 24.3 Å². The molecule has 0 aliphatic rings. The molecule has 0 saturated heterocycles. The van der Waals surface area contributed by atoms with E-state index in [2.05, 4.69) is 4.98 Å². The zero-order chi connectivity index (χ0) is 15.6. The van der Waals surface area contributed by atoms with Gasteiger partial charge in [-0.05, 0) is 17.7 Å². The molecule has 6 N–H and O–H groups in total. The number of hydrazine groups is 1. The standard InChI is InChI=1S/C13H13ClN4O3/c14-8-3-1-2-7(4-8)11-9(5-19)10(12(15)21)13(17-11)18(16)6-20/h1-4,6,17,19H,5,16H2,(H2,15,21). The van der Waals surface area contributed by atoms with Crippen molar-refractivity contribution in [3.05, 3.63) is 40.4 Å². The first-order chi connectivity index (χ1) is 9.99. The summed E-state index contributed by atoms with van der Waals surface area (Å²) in [5.41, 5.74) is 6.56. The number of nitrogens with one attached hydrogen (secondary N) is 1. The summed E-state index contributed by atoms with van der Waals surface area (Å²) in [6, 6.07) is 6.77. The van der Waals surface area contributed by atoms with Gasteiger partial charge in [0.15, 0.2) is 0 Å². The van der Waals surface area contributed by atoms with Gasteiger partial charge in [0.25, 0.3) is 5.91 Å². The fraction of sp³-hybridized carbons (Fsp3) is 0.0769. The van der Waals surface area contributed by atoms with E-state index in [9.17, 15) is 14.7 Å². The molecular formula is C13H13ClN4O3. The van der Waals surface area contributed by atoms with E-state index in [1.807, 2.05) is 0 Å². The van der Waals surface area contributed by atoms with Crippen LogP contribution < -0.4 is 16.6 Å². The van der Waals surface area contributed by atoms with Gasteiger partial charge in [-0.3, -0.25) is 9.59 Å². The molecule has 0 unspecified atom stereocenters. The summed E-state index contributed by atoms with van der Waals surface area (Å²) in [6.45, 7) is -0.455. The Bertz CT molecular complexity index is 699. The van der Waals surface area contributed by atoms with E-state index in [4.69, 9.17) is 23.2 Å². The van der Waals surface area contributed by atoms with Gasteiger partial charge in [-0.15, -0.1) is 0 Å². The Morgan fingerprint density at radius 2 is 2.19 bits per heavy atom. The molecule has 2 aromatic rings. The average Bonchev–Trinajstić information content (AvgIpc) is 2.86. The van der Waals surface area contributed by atoms with Gasteiger partial charge in [-0.1, -0.05) is 23.7 Å². The van der Waals surface area contributed by atoms with Crippen molar-refractivity contribution in [1.29, 1.82) is 0 Å². The van der Waals surface area contributed by atoms with Crippen LogP contribution in [0.4, 0.5) is 5.82 Å². The molecule has 8 heteroatoms. The van der Waals surface area contributed by atoms with E-state index in [1.54, 1.807) is 24.3 Å². The monoisotopic (exact) mass is 308 g/mol. The molecule has 0 aliphatic carbocycles. The number of carbonyl (C=O) groups is 2. The van der Waals surface area contributed by atoms with Gasteiger partial charge in [0, 0.05) is 10.6 Å². The largest absolute Gasteiger partial charge is 0.392 e. The van der Waals surface area contributed by atoms with Crippen molar-refractivity contribution in [3.63, 3.8) is 0 Å². The highest BCUT2D eigenvalue weighted by Crippen LogP contribution is 2.33. The molecule has 0 radical (unpaired) electrons. The van der Waals surface area contributed by atoms with Crippen LogP contribution in [0.1, 0.15) is 15.9 Å². The van der Waals surface area contributed by atoms with Crippen LogP contribution in [0.3, 0.4) is 0 Å². The van der Waals surface area contributed by atoms with E-state index < -0.39 is 12.5 Å². The van der Waals surface area contributed by atoms with Gasteiger partial charge in [-0.2, -0.15) is 0 Å². The van der Waals surface area contributed by atoms with E-state index in [0.717, 1.165) is 0 Å². The van der Waals surface area contributed by atoms with Gasteiger partial charge in [0.2, 0.25) is 6.41 Å². The van der Waals surface area contributed by atoms with Crippen LogP contribution in [-0.2, 0) is 11.4 Å². The summed E-state index contributed by atoms with van der Waals surface area (Å²) in [7, 11) is 0. The molecule has 2 amide bonds. The second kappa shape index (κ2) is 5.96. The Kier molecular flexibility index (Phi) is 4.27. The molecule has 0 aliphatic heterocycles. The van der Waals surface area contributed by atoms with Crippen LogP contribution in [0.25, 0.3) is 11.3 Å². The van der Waals surface area contributed by atoms with Crippen molar-refractivity contribution in [2.75, 3.05) is 5.01 Å². The van der Waals surface area contributed by atoms with Gasteiger partial charge < -0.3 is 15.8 Å². The quantitative estimate of drug-likeness (QED) is 0.281. The number of aliphatic hydroxyl groups excluding tert-OH is 1. The third-order valence-electron chi connectivity index (χ3n) is 2.97. The molecule has 0 atom stereocenters. The summed E-state index contributed by atoms with van der Waals surface area (Å²) in [4.78, 5) is 25.3. The molecule has 2 rings (SSSR count). The number of hydrogen-bond acceptors (Lipinski definition) is 4. The number of nitrogens with two attached hydrogens (primary N) is 2. The first kappa shape index (κ1) is 15.0. The molecular weight excluding hydrogens is 296 g/mol. The van der Waals surface area contributed by atoms with Crippen molar-refractivity contribution in [1.82, 2.24) is 4.98 Å². The second-order valence-electron chi connectivity index (χ2n) is 4.25. The summed E-state index contributed by atoms with van der Waals surface area (Å²) in [5, 5.41) is 10.7. The maximum absolute atomic E-state index is 11.6. The third kappa shape index (κ3) is 2.75. The Morgan fingerprint density at radius 3 is 2.71 bits per heavy atom. The number of aliphatic hydroxyl groups is 1. The minimum atomic E-state index is -0.809.